The molecule has 1 aromatic rings. The van der Waals surface area contributed by atoms with Gasteiger partial charge in [0.1, 0.15) is 12.4 Å². The molecule has 0 fully saturated rings. The lowest BCUT2D eigenvalue weighted by Crippen LogP contribution is -2.26. The molecule has 78 valence electrons. The minimum absolute atomic E-state index is 0.173. The van der Waals surface area contributed by atoms with Crippen LogP contribution in [0.2, 0.25) is 0 Å². The van der Waals surface area contributed by atoms with Crippen LogP contribution in [0.5, 0.6) is 5.75 Å². The Bertz CT molecular complexity index is 238. The molecule has 0 aliphatic rings. The van der Waals surface area contributed by atoms with Gasteiger partial charge in [-0.2, -0.15) is 0 Å². The number of nitrogens with one attached hydrogen (secondary N) is 1. The summed E-state index contributed by atoms with van der Waals surface area (Å²) in [5.74, 6) is 0.910. The van der Waals surface area contributed by atoms with Crippen LogP contribution < -0.4 is 10.1 Å². The largest absolute Gasteiger partial charge is 0.492 e. The van der Waals surface area contributed by atoms with Gasteiger partial charge in [0.2, 0.25) is 0 Å². The highest BCUT2D eigenvalue weighted by Crippen LogP contribution is 2.07. The number of alkyl halides is 1. The SMILES string of the molecule is CC(Cl)CNCCOc1ccccc1. The van der Waals surface area contributed by atoms with E-state index in [9.17, 15) is 0 Å². The van der Waals surface area contributed by atoms with Crippen molar-refractivity contribution in [3.05, 3.63) is 30.3 Å². The summed E-state index contributed by atoms with van der Waals surface area (Å²) in [6, 6.07) is 9.79. The zero-order chi connectivity index (χ0) is 10.2. The summed E-state index contributed by atoms with van der Waals surface area (Å²) < 4.78 is 5.48. The molecule has 14 heavy (non-hydrogen) atoms. The van der Waals surface area contributed by atoms with E-state index < -0.39 is 0 Å². The molecule has 0 amide bonds. The zero-order valence-corrected chi connectivity index (χ0v) is 9.13. The Hall–Kier alpha value is -0.730. The quantitative estimate of drug-likeness (QED) is 0.578. The Morgan fingerprint density at radius 3 is 2.71 bits per heavy atom. The second-order valence-electron chi connectivity index (χ2n) is 3.15. The third kappa shape index (κ3) is 5.10. The van der Waals surface area contributed by atoms with Gasteiger partial charge in [-0.25, -0.2) is 0 Å². The van der Waals surface area contributed by atoms with Crippen molar-refractivity contribution in [3.63, 3.8) is 0 Å². The van der Waals surface area contributed by atoms with E-state index in [1.54, 1.807) is 0 Å². The van der Waals surface area contributed by atoms with E-state index in [4.69, 9.17) is 16.3 Å². The first-order valence-electron chi connectivity index (χ1n) is 4.81. The van der Waals surface area contributed by atoms with Gasteiger partial charge in [0.05, 0.1) is 0 Å². The maximum atomic E-state index is 5.77. The molecule has 0 heterocycles. The van der Waals surface area contributed by atoms with Gasteiger partial charge in [0.15, 0.2) is 0 Å². The lowest BCUT2D eigenvalue weighted by molar-refractivity contribution is 0.314. The predicted molar refractivity (Wildman–Crippen MR) is 60.1 cm³/mol. The first kappa shape index (κ1) is 11.3. The summed E-state index contributed by atoms with van der Waals surface area (Å²) in [5.41, 5.74) is 0. The number of hydrogen-bond acceptors (Lipinski definition) is 2. The van der Waals surface area contributed by atoms with Gasteiger partial charge in [-0.1, -0.05) is 18.2 Å². The lowest BCUT2D eigenvalue weighted by atomic mass is 10.3. The maximum absolute atomic E-state index is 5.77. The third-order valence-electron chi connectivity index (χ3n) is 1.72. The highest BCUT2D eigenvalue weighted by Gasteiger charge is 1.94. The van der Waals surface area contributed by atoms with E-state index in [0.717, 1.165) is 18.8 Å². The normalized spacial score (nSPS) is 12.4. The zero-order valence-electron chi connectivity index (χ0n) is 8.37. The lowest BCUT2D eigenvalue weighted by Gasteiger charge is -2.07. The molecular formula is C11H16ClNO. The molecule has 1 N–H and O–H groups in total. The van der Waals surface area contributed by atoms with Crippen LogP contribution in [0.25, 0.3) is 0 Å². The Labute approximate surface area is 90.2 Å². The first-order chi connectivity index (χ1) is 6.79. The molecule has 0 saturated heterocycles. The van der Waals surface area contributed by atoms with Crippen LogP contribution in [-0.2, 0) is 0 Å². The molecule has 1 rings (SSSR count). The fourth-order valence-electron chi connectivity index (χ4n) is 1.06. The van der Waals surface area contributed by atoms with E-state index in [1.807, 2.05) is 37.3 Å². The van der Waals surface area contributed by atoms with E-state index in [0.29, 0.717) is 6.61 Å². The Balaban J connectivity index is 2.05. The van der Waals surface area contributed by atoms with Crippen molar-refractivity contribution in [1.82, 2.24) is 5.32 Å². The third-order valence-corrected chi connectivity index (χ3v) is 1.87. The van der Waals surface area contributed by atoms with E-state index >= 15 is 0 Å². The number of benzene rings is 1. The minimum atomic E-state index is 0.173. The number of para-hydroxylation sites is 1. The molecular weight excluding hydrogens is 198 g/mol. The van der Waals surface area contributed by atoms with Crippen molar-refractivity contribution in [3.8, 4) is 5.75 Å². The van der Waals surface area contributed by atoms with Crippen LogP contribution in [-0.4, -0.2) is 25.1 Å². The summed E-state index contributed by atoms with van der Waals surface area (Å²) in [4.78, 5) is 0. The smallest absolute Gasteiger partial charge is 0.119 e. The molecule has 1 aromatic carbocycles. The molecule has 1 atom stereocenters. The van der Waals surface area contributed by atoms with Crippen molar-refractivity contribution < 1.29 is 4.74 Å². The van der Waals surface area contributed by atoms with E-state index in [2.05, 4.69) is 5.32 Å². The maximum Gasteiger partial charge on any atom is 0.119 e. The van der Waals surface area contributed by atoms with Crippen LogP contribution in [0.15, 0.2) is 30.3 Å². The van der Waals surface area contributed by atoms with Crippen molar-refractivity contribution in [2.24, 2.45) is 0 Å². The first-order valence-corrected chi connectivity index (χ1v) is 5.25. The predicted octanol–water partition coefficient (Wildman–Crippen LogP) is 2.28. The number of halogens is 1. The fraction of sp³-hybridized carbons (Fsp3) is 0.455. The Morgan fingerprint density at radius 2 is 2.07 bits per heavy atom. The molecule has 3 heteroatoms. The van der Waals surface area contributed by atoms with Crippen LogP contribution >= 0.6 is 11.6 Å². The summed E-state index contributed by atoms with van der Waals surface area (Å²) in [7, 11) is 0. The van der Waals surface area contributed by atoms with Gasteiger partial charge in [-0.15, -0.1) is 11.6 Å². The van der Waals surface area contributed by atoms with Crippen molar-refractivity contribution >= 4 is 11.6 Å². The molecule has 0 aromatic heterocycles. The van der Waals surface area contributed by atoms with Crippen LogP contribution in [0, 0.1) is 0 Å². The number of hydrogen-bond donors (Lipinski definition) is 1. The van der Waals surface area contributed by atoms with Crippen LogP contribution in [0.3, 0.4) is 0 Å². The Morgan fingerprint density at radius 1 is 1.36 bits per heavy atom. The van der Waals surface area contributed by atoms with Crippen molar-refractivity contribution in [2.75, 3.05) is 19.7 Å². The molecule has 1 unspecified atom stereocenters. The minimum Gasteiger partial charge on any atom is -0.492 e. The Kier molecular flexibility index (Phi) is 5.42. The second kappa shape index (κ2) is 6.68. The van der Waals surface area contributed by atoms with E-state index in [-0.39, 0.29) is 5.38 Å². The van der Waals surface area contributed by atoms with Crippen LogP contribution in [0.1, 0.15) is 6.92 Å². The van der Waals surface area contributed by atoms with Gasteiger partial charge in [-0.3, -0.25) is 0 Å². The second-order valence-corrected chi connectivity index (χ2v) is 3.89. The highest BCUT2D eigenvalue weighted by molar-refractivity contribution is 6.20. The molecule has 0 aliphatic carbocycles. The average Bonchev–Trinajstić information content (AvgIpc) is 2.18. The average molecular weight is 214 g/mol. The van der Waals surface area contributed by atoms with Gasteiger partial charge >= 0.3 is 0 Å². The number of rotatable bonds is 6. The molecule has 0 spiro atoms. The molecule has 0 bridgehead atoms. The van der Waals surface area contributed by atoms with Gasteiger partial charge in [0, 0.05) is 18.5 Å². The van der Waals surface area contributed by atoms with Crippen molar-refractivity contribution in [1.29, 1.82) is 0 Å². The highest BCUT2D eigenvalue weighted by atomic mass is 35.5. The molecule has 0 radical (unpaired) electrons. The topological polar surface area (TPSA) is 21.3 Å². The number of ether oxygens (including phenoxy) is 1. The summed E-state index contributed by atoms with van der Waals surface area (Å²) >= 11 is 5.77. The molecule has 2 nitrogen and oxygen atoms in total. The van der Waals surface area contributed by atoms with Crippen LogP contribution in [0.4, 0.5) is 0 Å². The molecule has 0 saturated carbocycles. The van der Waals surface area contributed by atoms with Gasteiger partial charge in [0.25, 0.3) is 0 Å². The summed E-state index contributed by atoms with van der Waals surface area (Å²) in [5, 5.41) is 3.37. The van der Waals surface area contributed by atoms with Crippen molar-refractivity contribution in [2.45, 2.75) is 12.3 Å². The fourth-order valence-corrected chi connectivity index (χ4v) is 1.17. The van der Waals surface area contributed by atoms with Gasteiger partial charge < -0.3 is 10.1 Å². The molecule has 0 aliphatic heterocycles. The van der Waals surface area contributed by atoms with E-state index in [1.165, 1.54) is 0 Å². The summed E-state index contributed by atoms with van der Waals surface area (Å²) in [6.07, 6.45) is 0. The van der Waals surface area contributed by atoms with Gasteiger partial charge in [-0.05, 0) is 19.1 Å². The standard InChI is InChI=1S/C11H16ClNO/c1-10(12)9-13-7-8-14-11-5-3-2-4-6-11/h2-6,10,13H,7-9H2,1H3. The monoisotopic (exact) mass is 213 g/mol. The summed E-state index contributed by atoms with van der Waals surface area (Å²) in [6.45, 7) is 4.28.